The van der Waals surface area contributed by atoms with E-state index in [1.807, 2.05) is 0 Å². The zero-order valence-electron chi connectivity index (χ0n) is 14.4. The number of aliphatic carboxylic acids is 1. The molecular weight excluding hydrogens is 354 g/mol. The predicted molar refractivity (Wildman–Crippen MR) is 96.5 cm³/mol. The van der Waals surface area contributed by atoms with Gasteiger partial charge in [-0.3, -0.25) is 4.79 Å². The number of likely N-dealkylation sites (N-methyl/N-ethyl adjacent to an activating group) is 1. The summed E-state index contributed by atoms with van der Waals surface area (Å²) in [6, 6.07) is 6.74. The minimum absolute atomic E-state index is 0.0702. The molecule has 0 spiro atoms. The lowest BCUT2D eigenvalue weighted by Gasteiger charge is -2.24. The smallest absolute Gasteiger partial charge is 0.326 e. The van der Waals surface area contributed by atoms with Gasteiger partial charge in [-0.25, -0.2) is 4.79 Å². The zero-order chi connectivity index (χ0) is 20.1. The van der Waals surface area contributed by atoms with E-state index in [4.69, 9.17) is 0 Å². The number of hydrogen-bond donors (Lipinski definition) is 5. The van der Waals surface area contributed by atoms with Crippen molar-refractivity contribution in [3.05, 3.63) is 53.6 Å². The zero-order valence-corrected chi connectivity index (χ0v) is 14.4. The molecule has 0 radical (unpaired) electrons. The summed E-state index contributed by atoms with van der Waals surface area (Å²) in [5.41, 5.74) is 0.882. The number of carboxylic acids is 1. The van der Waals surface area contributed by atoms with Gasteiger partial charge >= 0.3 is 5.97 Å². The number of amides is 1. The fraction of sp³-hybridized carbons (Fsp3) is 0.158. The number of hydrogen-bond acceptors (Lipinski definition) is 6. The number of carbonyl (C=O) groups excluding carboxylic acids is 1. The summed E-state index contributed by atoms with van der Waals surface area (Å²) < 4.78 is 0. The van der Waals surface area contributed by atoms with Crippen LogP contribution in [0, 0.1) is 0 Å². The van der Waals surface area contributed by atoms with Gasteiger partial charge < -0.3 is 30.4 Å². The van der Waals surface area contributed by atoms with E-state index in [0.717, 1.165) is 11.0 Å². The number of carbonyl (C=O) groups is 2. The quantitative estimate of drug-likeness (QED) is 0.383. The highest BCUT2D eigenvalue weighted by Gasteiger charge is 2.26. The topological polar surface area (TPSA) is 139 Å². The van der Waals surface area contributed by atoms with E-state index in [9.17, 15) is 35.1 Å². The first-order chi connectivity index (χ1) is 12.7. The van der Waals surface area contributed by atoms with Crippen LogP contribution in [0.2, 0.25) is 0 Å². The standard InChI is InChI=1S/C19H19NO7/c1-20(18(25)7-4-11-2-5-14(21)16(23)9-11)13(19(26)27)8-12-3-6-15(22)17(24)10-12/h2-7,9-10,13,21-24H,8H2,1H3,(H,26,27). The lowest BCUT2D eigenvalue weighted by Crippen LogP contribution is -2.43. The maximum atomic E-state index is 12.3. The molecule has 142 valence electrons. The largest absolute Gasteiger partial charge is 0.504 e. The summed E-state index contributed by atoms with van der Waals surface area (Å²) in [7, 11) is 1.33. The molecule has 0 bridgehead atoms. The van der Waals surface area contributed by atoms with Crippen molar-refractivity contribution in [3.63, 3.8) is 0 Å². The second-order valence-electron chi connectivity index (χ2n) is 5.91. The van der Waals surface area contributed by atoms with Crippen molar-refractivity contribution in [2.24, 2.45) is 0 Å². The third kappa shape index (κ3) is 4.91. The van der Waals surface area contributed by atoms with Gasteiger partial charge in [0.1, 0.15) is 6.04 Å². The summed E-state index contributed by atoms with van der Waals surface area (Å²) in [4.78, 5) is 24.9. The maximum Gasteiger partial charge on any atom is 0.326 e. The third-order valence-corrected chi connectivity index (χ3v) is 3.99. The van der Waals surface area contributed by atoms with Gasteiger partial charge in [-0.2, -0.15) is 0 Å². The first-order valence-corrected chi connectivity index (χ1v) is 7.89. The Kier molecular flexibility index (Phi) is 5.92. The lowest BCUT2D eigenvalue weighted by molar-refractivity contribution is -0.147. The van der Waals surface area contributed by atoms with E-state index in [0.29, 0.717) is 11.1 Å². The Morgan fingerprint density at radius 1 is 0.963 bits per heavy atom. The molecule has 2 rings (SSSR count). The van der Waals surface area contributed by atoms with E-state index < -0.39 is 17.9 Å². The summed E-state index contributed by atoms with van der Waals surface area (Å²) in [5, 5.41) is 47.0. The molecule has 1 amide bonds. The first kappa shape index (κ1) is 19.6. The van der Waals surface area contributed by atoms with Gasteiger partial charge in [0.05, 0.1) is 0 Å². The van der Waals surface area contributed by atoms with Gasteiger partial charge in [0.25, 0.3) is 0 Å². The fourth-order valence-corrected chi connectivity index (χ4v) is 2.39. The molecule has 0 saturated carbocycles. The van der Waals surface area contributed by atoms with E-state index in [-0.39, 0.29) is 29.4 Å². The highest BCUT2D eigenvalue weighted by molar-refractivity contribution is 5.94. The van der Waals surface area contributed by atoms with Crippen molar-refractivity contribution in [2.75, 3.05) is 7.05 Å². The summed E-state index contributed by atoms with van der Waals surface area (Å²) in [6.45, 7) is 0. The summed E-state index contributed by atoms with van der Waals surface area (Å²) >= 11 is 0. The highest BCUT2D eigenvalue weighted by atomic mass is 16.4. The molecule has 0 aliphatic rings. The monoisotopic (exact) mass is 373 g/mol. The molecule has 8 heteroatoms. The molecule has 0 fully saturated rings. The van der Waals surface area contributed by atoms with Crippen molar-refractivity contribution >= 4 is 18.0 Å². The Bertz CT molecular complexity index is 892. The Balaban J connectivity index is 2.14. The molecule has 2 aromatic rings. The molecule has 5 N–H and O–H groups in total. The molecular formula is C19H19NO7. The maximum absolute atomic E-state index is 12.3. The van der Waals surface area contributed by atoms with Gasteiger partial charge in [-0.1, -0.05) is 12.1 Å². The lowest BCUT2D eigenvalue weighted by atomic mass is 10.0. The SMILES string of the molecule is CN(C(=O)C=Cc1ccc(O)c(O)c1)C(Cc1ccc(O)c(O)c1)C(=O)O. The van der Waals surface area contributed by atoms with Crippen LogP contribution >= 0.6 is 0 Å². The normalized spacial score (nSPS) is 12.0. The number of benzene rings is 2. The van der Waals surface area contributed by atoms with Crippen LogP contribution in [0.25, 0.3) is 6.08 Å². The van der Waals surface area contributed by atoms with Crippen molar-refractivity contribution < 1.29 is 35.1 Å². The Morgan fingerprint density at radius 3 is 2.11 bits per heavy atom. The Hall–Kier alpha value is -3.68. The van der Waals surface area contributed by atoms with Gasteiger partial charge in [0.2, 0.25) is 5.91 Å². The third-order valence-electron chi connectivity index (χ3n) is 3.99. The van der Waals surface area contributed by atoms with Gasteiger partial charge in [0, 0.05) is 19.5 Å². The average Bonchev–Trinajstić information content (AvgIpc) is 2.62. The van der Waals surface area contributed by atoms with Crippen LogP contribution in [-0.4, -0.2) is 55.4 Å². The molecule has 1 unspecified atom stereocenters. The molecule has 0 aromatic heterocycles. The number of rotatable bonds is 6. The van der Waals surface area contributed by atoms with Gasteiger partial charge in [-0.05, 0) is 41.5 Å². The number of aromatic hydroxyl groups is 4. The Morgan fingerprint density at radius 2 is 1.56 bits per heavy atom. The molecule has 1 atom stereocenters. The molecule has 0 heterocycles. The van der Waals surface area contributed by atoms with Crippen LogP contribution in [0.4, 0.5) is 0 Å². The van der Waals surface area contributed by atoms with Gasteiger partial charge in [0.15, 0.2) is 23.0 Å². The number of phenolic OH excluding ortho intramolecular Hbond substituents is 4. The highest BCUT2D eigenvalue weighted by Crippen LogP contribution is 2.26. The van der Waals surface area contributed by atoms with E-state index in [2.05, 4.69) is 0 Å². The van der Waals surface area contributed by atoms with Crippen molar-refractivity contribution in [1.29, 1.82) is 0 Å². The number of carboxylic acid groups (broad SMARTS) is 1. The second-order valence-corrected chi connectivity index (χ2v) is 5.91. The number of nitrogens with zero attached hydrogens (tertiary/aromatic N) is 1. The predicted octanol–water partition coefficient (Wildman–Crippen LogP) is 1.68. The minimum Gasteiger partial charge on any atom is -0.504 e. The van der Waals surface area contributed by atoms with Crippen LogP contribution in [0.3, 0.4) is 0 Å². The van der Waals surface area contributed by atoms with Crippen LogP contribution < -0.4 is 0 Å². The van der Waals surface area contributed by atoms with Crippen molar-refractivity contribution in [2.45, 2.75) is 12.5 Å². The molecule has 2 aromatic carbocycles. The molecule has 27 heavy (non-hydrogen) atoms. The van der Waals surface area contributed by atoms with Crippen LogP contribution in [0.5, 0.6) is 23.0 Å². The van der Waals surface area contributed by atoms with Crippen LogP contribution in [0.1, 0.15) is 11.1 Å². The van der Waals surface area contributed by atoms with Crippen molar-refractivity contribution in [3.8, 4) is 23.0 Å². The van der Waals surface area contributed by atoms with Crippen LogP contribution in [0.15, 0.2) is 42.5 Å². The van der Waals surface area contributed by atoms with Crippen LogP contribution in [-0.2, 0) is 16.0 Å². The molecule has 0 aliphatic carbocycles. The van der Waals surface area contributed by atoms with E-state index in [1.54, 1.807) is 0 Å². The first-order valence-electron chi connectivity index (χ1n) is 7.89. The summed E-state index contributed by atoms with van der Waals surface area (Å²) in [6.07, 6.45) is 2.46. The minimum atomic E-state index is -1.23. The summed E-state index contributed by atoms with van der Waals surface area (Å²) in [5.74, 6) is -3.15. The van der Waals surface area contributed by atoms with E-state index in [1.165, 1.54) is 49.5 Å². The number of phenols is 4. The second kappa shape index (κ2) is 8.13. The van der Waals surface area contributed by atoms with E-state index >= 15 is 0 Å². The van der Waals surface area contributed by atoms with Gasteiger partial charge in [-0.15, -0.1) is 0 Å². The van der Waals surface area contributed by atoms with Crippen molar-refractivity contribution in [1.82, 2.24) is 4.90 Å². The Labute approximate surface area is 154 Å². The average molecular weight is 373 g/mol. The fourth-order valence-electron chi connectivity index (χ4n) is 2.39. The molecule has 0 aliphatic heterocycles. The molecule has 0 saturated heterocycles. The molecule has 8 nitrogen and oxygen atoms in total.